The van der Waals surface area contributed by atoms with Gasteiger partial charge < -0.3 is 4.90 Å². The van der Waals surface area contributed by atoms with Gasteiger partial charge in [-0.3, -0.25) is 5.10 Å². The summed E-state index contributed by atoms with van der Waals surface area (Å²) >= 11 is 0. The third-order valence-electron chi connectivity index (χ3n) is 1.30. The molecule has 0 amide bonds. The van der Waals surface area contributed by atoms with E-state index in [-0.39, 0.29) is 0 Å². The largest absolute Gasteiger partial charge is 0.382 e. The average Bonchev–Trinajstić information content (AvgIpc) is 2.51. The summed E-state index contributed by atoms with van der Waals surface area (Å²) in [4.78, 5) is 1.82. The Morgan fingerprint density at radius 2 is 2.50 bits per heavy atom. The van der Waals surface area contributed by atoms with Crippen LogP contribution in [0, 0.1) is 11.3 Å². The van der Waals surface area contributed by atoms with Crippen molar-refractivity contribution in [1.29, 1.82) is 5.26 Å². The minimum Gasteiger partial charge on any atom is -0.382 e. The Balaban J connectivity index is 2.93. The van der Waals surface area contributed by atoms with Gasteiger partial charge >= 0.3 is 0 Å². The van der Waals surface area contributed by atoms with Crippen molar-refractivity contribution in [1.82, 2.24) is 15.1 Å². The Morgan fingerprint density at radius 3 is 2.92 bits per heavy atom. The average molecular weight is 162 g/mol. The Hall–Kier alpha value is -1.76. The van der Waals surface area contributed by atoms with Crippen molar-refractivity contribution in [2.45, 2.75) is 0 Å². The van der Waals surface area contributed by atoms with Gasteiger partial charge in [-0.2, -0.15) is 10.4 Å². The number of nitrogens with one attached hydrogen (secondary N) is 1. The molecule has 1 rings (SSSR count). The highest BCUT2D eigenvalue weighted by atomic mass is 15.1. The lowest BCUT2D eigenvalue weighted by Crippen LogP contribution is -2.02. The first-order chi connectivity index (χ1) is 5.74. The lowest BCUT2D eigenvalue weighted by Gasteiger charge is -2.04. The molecule has 1 N–H and O–H groups in total. The maximum absolute atomic E-state index is 8.75. The predicted octanol–water partition coefficient (Wildman–Crippen LogP) is 0.836. The third-order valence-corrected chi connectivity index (χ3v) is 1.30. The third kappa shape index (κ3) is 1.86. The van der Waals surface area contributed by atoms with Crippen LogP contribution < -0.4 is 0 Å². The zero-order valence-electron chi connectivity index (χ0n) is 7.07. The van der Waals surface area contributed by atoms with E-state index in [0.29, 0.717) is 5.57 Å². The number of allylic oxidation sites excluding steroid dienone is 1. The lowest BCUT2D eigenvalue weighted by atomic mass is 10.2. The topological polar surface area (TPSA) is 55.7 Å². The van der Waals surface area contributed by atoms with Gasteiger partial charge in [0.15, 0.2) is 0 Å². The van der Waals surface area contributed by atoms with Crippen LogP contribution in [0.1, 0.15) is 5.69 Å². The van der Waals surface area contributed by atoms with Crippen LogP contribution in [0.15, 0.2) is 18.5 Å². The number of aromatic amines is 1. The summed E-state index contributed by atoms with van der Waals surface area (Å²) in [6.45, 7) is 0. The van der Waals surface area contributed by atoms with Gasteiger partial charge in [0.1, 0.15) is 6.07 Å². The van der Waals surface area contributed by atoms with Crippen LogP contribution in [-0.4, -0.2) is 29.2 Å². The fourth-order valence-electron chi connectivity index (χ4n) is 0.823. The number of hydrogen-bond acceptors (Lipinski definition) is 3. The number of hydrogen-bond donors (Lipinski definition) is 1. The number of rotatable bonds is 2. The van der Waals surface area contributed by atoms with Gasteiger partial charge in [-0.25, -0.2) is 0 Å². The molecule has 0 aliphatic carbocycles. The molecule has 0 fully saturated rings. The van der Waals surface area contributed by atoms with Gasteiger partial charge in [0.05, 0.1) is 11.3 Å². The van der Waals surface area contributed by atoms with Gasteiger partial charge in [0.25, 0.3) is 0 Å². The van der Waals surface area contributed by atoms with E-state index >= 15 is 0 Å². The summed E-state index contributed by atoms with van der Waals surface area (Å²) in [6, 6.07) is 3.85. The van der Waals surface area contributed by atoms with Crippen molar-refractivity contribution in [3.05, 3.63) is 24.2 Å². The highest BCUT2D eigenvalue weighted by Gasteiger charge is 2.00. The lowest BCUT2D eigenvalue weighted by molar-refractivity contribution is 0.566. The monoisotopic (exact) mass is 162 g/mol. The van der Waals surface area contributed by atoms with E-state index < -0.39 is 0 Å². The van der Waals surface area contributed by atoms with Crippen molar-refractivity contribution in [2.75, 3.05) is 14.1 Å². The Morgan fingerprint density at radius 1 is 1.75 bits per heavy atom. The first-order valence-corrected chi connectivity index (χ1v) is 3.52. The van der Waals surface area contributed by atoms with Gasteiger partial charge in [-0.05, 0) is 6.07 Å². The molecular weight excluding hydrogens is 152 g/mol. The molecule has 1 heterocycles. The Labute approximate surface area is 71.1 Å². The normalized spacial score (nSPS) is 10.9. The molecule has 12 heavy (non-hydrogen) atoms. The molecule has 1 aromatic heterocycles. The summed E-state index contributed by atoms with van der Waals surface area (Å²) in [5.74, 6) is 0. The molecule has 4 nitrogen and oxygen atoms in total. The van der Waals surface area contributed by atoms with Crippen molar-refractivity contribution in [2.24, 2.45) is 0 Å². The van der Waals surface area contributed by atoms with E-state index in [1.165, 1.54) is 0 Å². The summed E-state index contributed by atoms with van der Waals surface area (Å²) in [6.07, 6.45) is 3.36. The molecular formula is C8H10N4. The molecule has 0 aromatic carbocycles. The van der Waals surface area contributed by atoms with Crippen LogP contribution in [0.5, 0.6) is 0 Å². The Kier molecular flexibility index (Phi) is 2.49. The minimum absolute atomic E-state index is 0.581. The highest BCUT2D eigenvalue weighted by Crippen LogP contribution is 2.08. The summed E-state index contributed by atoms with van der Waals surface area (Å²) < 4.78 is 0. The van der Waals surface area contributed by atoms with E-state index in [4.69, 9.17) is 5.26 Å². The van der Waals surface area contributed by atoms with E-state index in [1.54, 1.807) is 18.5 Å². The zero-order chi connectivity index (χ0) is 8.97. The van der Waals surface area contributed by atoms with E-state index in [9.17, 15) is 0 Å². The second-order valence-electron chi connectivity index (χ2n) is 2.59. The number of aromatic nitrogens is 2. The fraction of sp³-hybridized carbons (Fsp3) is 0.250. The van der Waals surface area contributed by atoms with Crippen LogP contribution in [0.2, 0.25) is 0 Å². The van der Waals surface area contributed by atoms with Crippen LogP contribution in [0.4, 0.5) is 0 Å². The number of nitrogens with zero attached hydrogens (tertiary/aromatic N) is 3. The zero-order valence-corrected chi connectivity index (χ0v) is 7.07. The second kappa shape index (κ2) is 3.58. The molecule has 0 spiro atoms. The molecule has 0 atom stereocenters. The maximum atomic E-state index is 8.75. The van der Waals surface area contributed by atoms with Crippen molar-refractivity contribution >= 4 is 5.57 Å². The van der Waals surface area contributed by atoms with Crippen molar-refractivity contribution < 1.29 is 0 Å². The van der Waals surface area contributed by atoms with Crippen LogP contribution in [0.25, 0.3) is 5.57 Å². The summed E-state index contributed by atoms with van der Waals surface area (Å²) in [5, 5.41) is 15.2. The molecule has 62 valence electrons. The first-order valence-electron chi connectivity index (χ1n) is 3.52. The Bertz CT molecular complexity index is 302. The molecule has 0 bridgehead atoms. The predicted molar refractivity (Wildman–Crippen MR) is 45.9 cm³/mol. The van der Waals surface area contributed by atoms with E-state index in [1.807, 2.05) is 19.0 Å². The fourth-order valence-corrected chi connectivity index (χ4v) is 0.823. The smallest absolute Gasteiger partial charge is 0.103 e. The summed E-state index contributed by atoms with van der Waals surface area (Å²) in [7, 11) is 3.74. The first kappa shape index (κ1) is 8.34. The highest BCUT2D eigenvalue weighted by molar-refractivity contribution is 5.73. The van der Waals surface area contributed by atoms with Gasteiger partial charge in [-0.15, -0.1) is 0 Å². The van der Waals surface area contributed by atoms with Crippen molar-refractivity contribution in [3.8, 4) is 6.07 Å². The molecule has 0 saturated heterocycles. The van der Waals surface area contributed by atoms with Gasteiger partial charge in [-0.1, -0.05) is 0 Å². The van der Waals surface area contributed by atoms with Crippen LogP contribution >= 0.6 is 0 Å². The molecule has 0 aliphatic rings. The van der Waals surface area contributed by atoms with Gasteiger partial charge in [0, 0.05) is 26.5 Å². The summed E-state index contributed by atoms with van der Waals surface area (Å²) in [5.41, 5.74) is 1.32. The van der Waals surface area contributed by atoms with E-state index in [0.717, 1.165) is 5.69 Å². The maximum Gasteiger partial charge on any atom is 0.103 e. The quantitative estimate of drug-likeness (QED) is 0.655. The molecule has 4 heteroatoms. The minimum atomic E-state index is 0.581. The molecule has 0 saturated carbocycles. The van der Waals surface area contributed by atoms with Crippen LogP contribution in [0.3, 0.4) is 0 Å². The molecule has 0 radical (unpaired) electrons. The number of nitriles is 1. The second-order valence-corrected chi connectivity index (χ2v) is 2.59. The number of H-pyrrole nitrogens is 1. The SMILES string of the molecule is CN(C)/C=C(\C#N)c1ccn[nH]1. The van der Waals surface area contributed by atoms with Crippen molar-refractivity contribution in [3.63, 3.8) is 0 Å². The molecule has 0 aliphatic heterocycles. The van der Waals surface area contributed by atoms with Gasteiger partial charge in [0.2, 0.25) is 0 Å². The molecule has 0 unspecified atom stereocenters. The molecule has 1 aromatic rings. The van der Waals surface area contributed by atoms with E-state index in [2.05, 4.69) is 16.3 Å². The van der Waals surface area contributed by atoms with Crippen LogP contribution in [-0.2, 0) is 0 Å². The standard InChI is InChI=1S/C8H10N4/c1-12(2)6-7(5-9)8-3-4-10-11-8/h3-4,6H,1-2H3,(H,10,11)/b7-6+.